The Labute approximate surface area is 209 Å². The molecule has 0 unspecified atom stereocenters. The number of hydrogen-bond donors (Lipinski definition) is 1. The summed E-state index contributed by atoms with van der Waals surface area (Å²) in [6.07, 6.45) is 1.83. The molecule has 2 aromatic carbocycles. The minimum atomic E-state index is -0.328. The smallest absolute Gasteiger partial charge is 0.338 e. The monoisotopic (exact) mass is 487 g/mol. The molecule has 0 spiro atoms. The zero-order valence-corrected chi connectivity index (χ0v) is 20.8. The first-order valence-electron chi connectivity index (χ1n) is 12.0. The first-order chi connectivity index (χ1) is 17.2. The fourth-order valence-corrected chi connectivity index (χ4v) is 5.26. The Hall–Kier alpha value is -3.49. The van der Waals surface area contributed by atoms with E-state index in [1.165, 1.54) is 5.69 Å². The second-order valence-corrected chi connectivity index (χ2v) is 9.33. The van der Waals surface area contributed by atoms with Gasteiger partial charge in [0.2, 0.25) is 5.95 Å². The molecule has 0 bridgehead atoms. The van der Waals surface area contributed by atoms with Gasteiger partial charge in [-0.05, 0) is 49.4 Å². The van der Waals surface area contributed by atoms with Gasteiger partial charge in [0.15, 0.2) is 0 Å². The van der Waals surface area contributed by atoms with Gasteiger partial charge in [-0.25, -0.2) is 14.8 Å². The molecule has 1 aliphatic heterocycles. The topological polar surface area (TPSA) is 70.6 Å². The van der Waals surface area contributed by atoms with Gasteiger partial charge in [0.05, 0.1) is 28.6 Å². The maximum absolute atomic E-state index is 12.5. The van der Waals surface area contributed by atoms with E-state index in [4.69, 9.17) is 9.72 Å². The average Bonchev–Trinajstić information content (AvgIpc) is 3.32. The van der Waals surface area contributed by atoms with Crippen molar-refractivity contribution in [1.29, 1.82) is 0 Å². The van der Waals surface area contributed by atoms with Crippen LogP contribution in [0.2, 0.25) is 0 Å². The highest BCUT2D eigenvalue weighted by Crippen LogP contribution is 2.35. The molecule has 180 valence electrons. The minimum absolute atomic E-state index is 0.328. The SMILES string of the molecule is CCOC(=O)c1ccccc1-c1csc2cnc(Nc3ccc(N4CCN(CC)CC4)cc3)nc12. The number of benzene rings is 2. The lowest BCUT2D eigenvalue weighted by atomic mass is 10.0. The van der Waals surface area contributed by atoms with Gasteiger partial charge in [0.1, 0.15) is 0 Å². The molecule has 0 aliphatic carbocycles. The fraction of sp³-hybridized carbons (Fsp3) is 0.296. The Morgan fingerprint density at radius 3 is 2.54 bits per heavy atom. The molecule has 1 fully saturated rings. The zero-order chi connectivity index (χ0) is 24.2. The molecule has 2 aromatic heterocycles. The number of carbonyl (C=O) groups is 1. The lowest BCUT2D eigenvalue weighted by Crippen LogP contribution is -2.46. The second kappa shape index (κ2) is 10.4. The number of hydrogen-bond acceptors (Lipinski definition) is 8. The highest BCUT2D eigenvalue weighted by molar-refractivity contribution is 7.17. The molecule has 0 radical (unpaired) electrons. The number of anilines is 3. The van der Waals surface area contributed by atoms with Crippen LogP contribution in [0.1, 0.15) is 24.2 Å². The predicted molar refractivity (Wildman–Crippen MR) is 143 cm³/mol. The number of nitrogens with one attached hydrogen (secondary N) is 1. The summed E-state index contributed by atoms with van der Waals surface area (Å²) in [5.74, 6) is 0.195. The van der Waals surface area contributed by atoms with Crippen LogP contribution in [0.4, 0.5) is 17.3 Å². The number of fused-ring (bicyclic) bond motifs is 1. The standard InChI is InChI=1S/C27H29N5O2S/c1-3-31-13-15-32(16-14-31)20-11-9-19(10-12-20)29-27-28-17-24-25(30-27)23(18-35-24)21-7-5-6-8-22(21)26(33)34-4-2/h5-12,17-18H,3-4,13-16H2,1-2H3,(H,28,29,30). The number of ether oxygens (including phenoxy) is 1. The molecular weight excluding hydrogens is 458 g/mol. The van der Waals surface area contributed by atoms with Crippen LogP contribution in [0.25, 0.3) is 21.3 Å². The maximum Gasteiger partial charge on any atom is 0.338 e. The first kappa shape index (κ1) is 23.3. The quantitative estimate of drug-likeness (QED) is 0.349. The van der Waals surface area contributed by atoms with Gasteiger partial charge in [-0.2, -0.15) is 0 Å². The third kappa shape index (κ3) is 4.99. The largest absolute Gasteiger partial charge is 0.462 e. The van der Waals surface area contributed by atoms with Gasteiger partial charge in [0.25, 0.3) is 0 Å². The number of rotatable bonds is 7. The van der Waals surface area contributed by atoms with E-state index in [9.17, 15) is 4.79 Å². The molecule has 4 aromatic rings. The van der Waals surface area contributed by atoms with Crippen molar-refractivity contribution < 1.29 is 9.53 Å². The third-order valence-electron chi connectivity index (χ3n) is 6.33. The van der Waals surface area contributed by atoms with E-state index in [1.807, 2.05) is 36.7 Å². The first-order valence-corrected chi connectivity index (χ1v) is 12.9. The highest BCUT2D eigenvalue weighted by atomic mass is 32.1. The van der Waals surface area contributed by atoms with Gasteiger partial charge in [-0.3, -0.25) is 0 Å². The van der Waals surface area contributed by atoms with E-state index in [1.54, 1.807) is 17.4 Å². The molecule has 1 aliphatic rings. The fourth-order valence-electron chi connectivity index (χ4n) is 4.39. The van der Waals surface area contributed by atoms with Gasteiger partial charge in [-0.15, -0.1) is 11.3 Å². The molecule has 0 saturated carbocycles. The molecule has 1 N–H and O–H groups in total. The van der Waals surface area contributed by atoms with Crippen molar-refractivity contribution in [2.45, 2.75) is 13.8 Å². The molecule has 3 heterocycles. The molecule has 8 heteroatoms. The van der Waals surface area contributed by atoms with Crippen molar-refractivity contribution in [1.82, 2.24) is 14.9 Å². The van der Waals surface area contributed by atoms with Crippen molar-refractivity contribution in [3.63, 3.8) is 0 Å². The number of thiophene rings is 1. The molecule has 7 nitrogen and oxygen atoms in total. The number of piperazine rings is 1. The van der Waals surface area contributed by atoms with Crippen LogP contribution in [-0.4, -0.2) is 60.2 Å². The molecule has 1 saturated heterocycles. The van der Waals surface area contributed by atoms with E-state index in [2.05, 4.69) is 51.3 Å². The van der Waals surface area contributed by atoms with Crippen molar-refractivity contribution in [3.8, 4) is 11.1 Å². The summed E-state index contributed by atoms with van der Waals surface area (Å²) < 4.78 is 6.22. The van der Waals surface area contributed by atoms with E-state index in [0.29, 0.717) is 18.1 Å². The Kier molecular flexibility index (Phi) is 6.92. The summed E-state index contributed by atoms with van der Waals surface area (Å²) in [6.45, 7) is 9.78. The number of likely N-dealkylation sites (N-methyl/N-ethyl adjacent to an activating group) is 1. The second-order valence-electron chi connectivity index (χ2n) is 8.42. The van der Waals surface area contributed by atoms with Gasteiger partial charge in [-0.1, -0.05) is 25.1 Å². The number of esters is 1. The van der Waals surface area contributed by atoms with Crippen LogP contribution < -0.4 is 10.2 Å². The van der Waals surface area contributed by atoms with Crippen molar-refractivity contribution in [2.75, 3.05) is 49.5 Å². The summed E-state index contributed by atoms with van der Waals surface area (Å²) in [7, 11) is 0. The van der Waals surface area contributed by atoms with Crippen molar-refractivity contribution >= 4 is 44.8 Å². The average molecular weight is 488 g/mol. The predicted octanol–water partition coefficient (Wildman–Crippen LogP) is 5.42. The Bertz CT molecular complexity index is 1310. The summed E-state index contributed by atoms with van der Waals surface area (Å²) in [5.41, 5.74) is 5.24. The van der Waals surface area contributed by atoms with E-state index in [-0.39, 0.29) is 5.97 Å². The van der Waals surface area contributed by atoms with Crippen molar-refractivity contribution in [2.24, 2.45) is 0 Å². The molecular formula is C27H29N5O2S. The summed E-state index contributed by atoms with van der Waals surface area (Å²) >= 11 is 1.56. The van der Waals surface area contributed by atoms with Crippen LogP contribution >= 0.6 is 11.3 Å². The minimum Gasteiger partial charge on any atom is -0.462 e. The lowest BCUT2D eigenvalue weighted by Gasteiger charge is -2.35. The van der Waals surface area contributed by atoms with Crippen LogP contribution in [0, 0.1) is 0 Å². The Morgan fingerprint density at radius 1 is 1.03 bits per heavy atom. The van der Waals surface area contributed by atoms with Gasteiger partial charge in [0, 0.05) is 48.5 Å². The highest BCUT2D eigenvalue weighted by Gasteiger charge is 2.18. The molecule has 0 amide bonds. The Balaban J connectivity index is 1.37. The van der Waals surface area contributed by atoms with Crippen LogP contribution in [0.15, 0.2) is 60.1 Å². The molecule has 0 atom stereocenters. The Morgan fingerprint density at radius 2 is 1.80 bits per heavy atom. The van der Waals surface area contributed by atoms with Crippen molar-refractivity contribution in [3.05, 3.63) is 65.7 Å². The summed E-state index contributed by atoms with van der Waals surface area (Å²) in [4.78, 5) is 26.7. The third-order valence-corrected chi connectivity index (χ3v) is 7.24. The van der Waals surface area contributed by atoms with E-state index < -0.39 is 0 Å². The number of aromatic nitrogens is 2. The molecule has 5 rings (SSSR count). The summed E-state index contributed by atoms with van der Waals surface area (Å²) in [6, 6.07) is 15.9. The van der Waals surface area contributed by atoms with E-state index >= 15 is 0 Å². The normalized spacial score (nSPS) is 14.3. The zero-order valence-electron chi connectivity index (χ0n) is 20.0. The summed E-state index contributed by atoms with van der Waals surface area (Å²) in [5, 5.41) is 5.35. The number of nitrogens with zero attached hydrogens (tertiary/aromatic N) is 4. The van der Waals surface area contributed by atoms with Gasteiger partial charge < -0.3 is 19.9 Å². The van der Waals surface area contributed by atoms with Gasteiger partial charge >= 0.3 is 5.97 Å². The molecule has 35 heavy (non-hydrogen) atoms. The maximum atomic E-state index is 12.5. The lowest BCUT2D eigenvalue weighted by molar-refractivity contribution is 0.0527. The number of carbonyl (C=O) groups excluding carboxylic acids is 1. The van der Waals surface area contributed by atoms with Crippen LogP contribution in [0.5, 0.6) is 0 Å². The van der Waals surface area contributed by atoms with Crippen LogP contribution in [0.3, 0.4) is 0 Å². The van der Waals surface area contributed by atoms with E-state index in [0.717, 1.165) is 59.8 Å². The van der Waals surface area contributed by atoms with Crippen LogP contribution in [-0.2, 0) is 4.74 Å².